The van der Waals surface area contributed by atoms with Crippen molar-refractivity contribution in [2.24, 2.45) is 0 Å². The second-order valence-corrected chi connectivity index (χ2v) is 3.59. The fourth-order valence-electron chi connectivity index (χ4n) is 1.57. The van der Waals surface area contributed by atoms with E-state index in [4.69, 9.17) is 4.74 Å². The lowest BCUT2D eigenvalue weighted by molar-refractivity contribution is -0.122. The van der Waals surface area contributed by atoms with Crippen LogP contribution in [0.4, 0.5) is 0 Å². The van der Waals surface area contributed by atoms with Gasteiger partial charge in [-0.2, -0.15) is 0 Å². The summed E-state index contributed by atoms with van der Waals surface area (Å²) in [5, 5.41) is 5.95. The Morgan fingerprint density at radius 1 is 1.43 bits per heavy atom. The van der Waals surface area contributed by atoms with E-state index in [1.54, 1.807) is 0 Å². The maximum absolute atomic E-state index is 11.3. The molecule has 14 heavy (non-hydrogen) atoms. The number of carbonyl (C=O) groups excluding carboxylic acids is 1. The predicted molar refractivity (Wildman–Crippen MR) is 55.1 cm³/mol. The van der Waals surface area contributed by atoms with Crippen LogP contribution in [-0.4, -0.2) is 37.7 Å². The lowest BCUT2D eigenvalue weighted by Gasteiger charge is -2.35. The largest absolute Gasteiger partial charge is 0.378 e. The van der Waals surface area contributed by atoms with E-state index in [0.717, 1.165) is 26.0 Å². The first-order valence-corrected chi connectivity index (χ1v) is 5.38. The van der Waals surface area contributed by atoms with Gasteiger partial charge in [-0.15, -0.1) is 0 Å². The molecule has 1 aliphatic rings. The van der Waals surface area contributed by atoms with Gasteiger partial charge in [0, 0.05) is 12.6 Å². The minimum Gasteiger partial charge on any atom is -0.378 e. The molecule has 1 amide bonds. The molecule has 4 nitrogen and oxygen atoms in total. The molecule has 0 saturated heterocycles. The molecule has 82 valence electrons. The van der Waals surface area contributed by atoms with Gasteiger partial charge in [-0.05, 0) is 26.3 Å². The smallest absolute Gasteiger partial charge is 0.234 e. The van der Waals surface area contributed by atoms with Crippen molar-refractivity contribution in [3.63, 3.8) is 0 Å². The van der Waals surface area contributed by atoms with Crippen molar-refractivity contribution in [3.05, 3.63) is 0 Å². The minimum absolute atomic E-state index is 0.0896. The Bertz CT molecular complexity index is 179. The van der Waals surface area contributed by atoms with Crippen LogP contribution in [-0.2, 0) is 9.53 Å². The van der Waals surface area contributed by atoms with Gasteiger partial charge in [0.15, 0.2) is 0 Å². The van der Waals surface area contributed by atoms with Crippen molar-refractivity contribution in [3.8, 4) is 0 Å². The number of hydrogen-bond donors (Lipinski definition) is 2. The van der Waals surface area contributed by atoms with Crippen LogP contribution in [0.1, 0.15) is 26.7 Å². The van der Waals surface area contributed by atoms with E-state index in [2.05, 4.69) is 10.6 Å². The van der Waals surface area contributed by atoms with Gasteiger partial charge in [0.05, 0.1) is 12.6 Å². The van der Waals surface area contributed by atoms with Crippen molar-refractivity contribution in [1.82, 2.24) is 10.6 Å². The number of rotatable bonds is 6. The monoisotopic (exact) mass is 200 g/mol. The molecule has 0 atom stereocenters. The summed E-state index contributed by atoms with van der Waals surface area (Å²) in [6, 6.07) is 0.331. The zero-order valence-electron chi connectivity index (χ0n) is 9.01. The standard InChI is InChI=1S/C10H20N2O2/c1-3-11-7-10(13)12-8-5-9(6-8)14-4-2/h8-9,11H,3-7H2,1-2H3,(H,12,13). The topological polar surface area (TPSA) is 50.4 Å². The van der Waals surface area contributed by atoms with Crippen LogP contribution in [0.15, 0.2) is 0 Å². The van der Waals surface area contributed by atoms with Crippen LogP contribution >= 0.6 is 0 Å². The highest BCUT2D eigenvalue weighted by Gasteiger charge is 2.30. The molecule has 0 spiro atoms. The predicted octanol–water partition coefficient (Wildman–Crippen LogP) is 0.280. The van der Waals surface area contributed by atoms with Gasteiger partial charge in [0.25, 0.3) is 0 Å². The molecule has 0 aromatic heterocycles. The molecule has 1 saturated carbocycles. The molecule has 0 aliphatic heterocycles. The summed E-state index contributed by atoms with van der Waals surface area (Å²) in [6.07, 6.45) is 2.29. The van der Waals surface area contributed by atoms with Crippen LogP contribution in [0.5, 0.6) is 0 Å². The second-order valence-electron chi connectivity index (χ2n) is 3.59. The zero-order chi connectivity index (χ0) is 10.4. The Balaban J connectivity index is 2.01. The van der Waals surface area contributed by atoms with Gasteiger partial charge < -0.3 is 15.4 Å². The molecule has 1 fully saturated rings. The molecule has 0 heterocycles. The van der Waals surface area contributed by atoms with Crippen molar-refractivity contribution >= 4 is 5.91 Å². The Morgan fingerprint density at radius 2 is 2.14 bits per heavy atom. The molecule has 0 aromatic rings. The number of amides is 1. The lowest BCUT2D eigenvalue weighted by Crippen LogP contribution is -2.49. The van der Waals surface area contributed by atoms with E-state index in [1.165, 1.54) is 0 Å². The van der Waals surface area contributed by atoms with Crippen LogP contribution < -0.4 is 10.6 Å². The first kappa shape index (κ1) is 11.5. The third-order valence-electron chi connectivity index (χ3n) is 2.40. The van der Waals surface area contributed by atoms with Crippen LogP contribution in [0, 0.1) is 0 Å². The number of nitrogens with one attached hydrogen (secondary N) is 2. The maximum atomic E-state index is 11.3. The molecule has 2 N–H and O–H groups in total. The second kappa shape index (κ2) is 5.98. The normalized spacial score (nSPS) is 25.6. The van der Waals surface area contributed by atoms with E-state index < -0.39 is 0 Å². The molecule has 0 radical (unpaired) electrons. The molecule has 0 unspecified atom stereocenters. The SMILES string of the molecule is CCNCC(=O)NC1CC(OCC)C1. The average molecular weight is 200 g/mol. The summed E-state index contributed by atoms with van der Waals surface area (Å²) in [4.78, 5) is 11.3. The molecule has 4 heteroatoms. The molecule has 0 aromatic carbocycles. The highest BCUT2D eigenvalue weighted by molar-refractivity contribution is 5.78. The Labute approximate surface area is 85.4 Å². The van der Waals surface area contributed by atoms with E-state index in [9.17, 15) is 4.79 Å². The summed E-state index contributed by atoms with van der Waals surface area (Å²) in [7, 11) is 0. The van der Waals surface area contributed by atoms with Crippen molar-refractivity contribution in [1.29, 1.82) is 0 Å². The van der Waals surface area contributed by atoms with Crippen LogP contribution in [0.3, 0.4) is 0 Å². The van der Waals surface area contributed by atoms with Gasteiger partial charge in [-0.1, -0.05) is 6.92 Å². The average Bonchev–Trinajstić information content (AvgIpc) is 2.11. The van der Waals surface area contributed by atoms with Crippen molar-refractivity contribution in [2.75, 3.05) is 19.7 Å². The van der Waals surface area contributed by atoms with Crippen molar-refractivity contribution in [2.45, 2.75) is 38.8 Å². The fourth-order valence-corrected chi connectivity index (χ4v) is 1.57. The third-order valence-corrected chi connectivity index (χ3v) is 2.40. The minimum atomic E-state index is 0.0896. The molecular formula is C10H20N2O2. The molecule has 1 rings (SSSR count). The van der Waals surface area contributed by atoms with Crippen LogP contribution in [0.25, 0.3) is 0 Å². The van der Waals surface area contributed by atoms with Crippen LogP contribution in [0.2, 0.25) is 0 Å². The van der Waals surface area contributed by atoms with Gasteiger partial charge in [0.2, 0.25) is 5.91 Å². The molecule has 1 aliphatic carbocycles. The summed E-state index contributed by atoms with van der Waals surface area (Å²) in [6.45, 7) is 6.01. The zero-order valence-corrected chi connectivity index (χ0v) is 9.01. The quantitative estimate of drug-likeness (QED) is 0.647. The summed E-state index contributed by atoms with van der Waals surface area (Å²) < 4.78 is 5.40. The van der Waals surface area contributed by atoms with E-state index in [-0.39, 0.29) is 5.91 Å². The molecular weight excluding hydrogens is 180 g/mol. The van der Waals surface area contributed by atoms with E-state index >= 15 is 0 Å². The summed E-state index contributed by atoms with van der Waals surface area (Å²) in [5.74, 6) is 0.0896. The molecule has 0 bridgehead atoms. The first-order valence-electron chi connectivity index (χ1n) is 5.38. The van der Waals surface area contributed by atoms with Gasteiger partial charge in [-0.25, -0.2) is 0 Å². The highest BCUT2D eigenvalue weighted by atomic mass is 16.5. The summed E-state index contributed by atoms with van der Waals surface area (Å²) in [5.41, 5.74) is 0. The highest BCUT2D eigenvalue weighted by Crippen LogP contribution is 2.22. The van der Waals surface area contributed by atoms with E-state index in [1.807, 2.05) is 13.8 Å². The first-order chi connectivity index (χ1) is 6.76. The Hall–Kier alpha value is -0.610. The maximum Gasteiger partial charge on any atom is 0.234 e. The van der Waals surface area contributed by atoms with Gasteiger partial charge >= 0.3 is 0 Å². The van der Waals surface area contributed by atoms with Gasteiger partial charge in [0.1, 0.15) is 0 Å². The number of hydrogen-bond acceptors (Lipinski definition) is 3. The number of carbonyl (C=O) groups is 1. The summed E-state index contributed by atoms with van der Waals surface area (Å²) >= 11 is 0. The Kier molecular flexibility index (Phi) is 4.90. The third kappa shape index (κ3) is 3.64. The number of likely N-dealkylation sites (N-methyl/N-ethyl adjacent to an activating group) is 1. The van der Waals surface area contributed by atoms with E-state index in [0.29, 0.717) is 18.7 Å². The van der Waals surface area contributed by atoms with Gasteiger partial charge in [-0.3, -0.25) is 4.79 Å². The lowest BCUT2D eigenvalue weighted by atomic mass is 9.89. The van der Waals surface area contributed by atoms with Crippen molar-refractivity contribution < 1.29 is 9.53 Å². The number of ether oxygens (including phenoxy) is 1. The Morgan fingerprint density at radius 3 is 2.71 bits per heavy atom. The fraction of sp³-hybridized carbons (Fsp3) is 0.900.